The molecule has 0 aromatic heterocycles. The summed E-state index contributed by atoms with van der Waals surface area (Å²) in [6, 6.07) is -0.285. The molecule has 10 heteroatoms. The standard InChI is InChI=1S/C22H47N2O7P/c1-6-7-8-9-10-11-12-13-14-15-16-23-22(25)30-19-21(29-5)17-20(24(2,3)4)18-31-32(26,27)28/h20-21H,6-19H2,1-5H3,(H2-,23,25,26,27,28). The number of alkyl carbamates (subject to hydrolysis) is 1. The zero-order valence-corrected chi connectivity index (χ0v) is 21.7. The number of unbranched alkanes of at least 4 members (excludes halogenated alkanes) is 9. The molecule has 3 unspecified atom stereocenters. The van der Waals surface area contributed by atoms with Crippen molar-refractivity contribution in [2.75, 3.05) is 48.0 Å². The van der Waals surface area contributed by atoms with Crippen molar-refractivity contribution in [3.05, 3.63) is 0 Å². The topological polar surface area (TPSA) is 117 Å². The first-order valence-corrected chi connectivity index (χ1v) is 13.4. The maximum absolute atomic E-state index is 11.9. The Bertz CT molecular complexity index is 523. The third kappa shape index (κ3) is 18.8. The van der Waals surface area contributed by atoms with Crippen molar-refractivity contribution in [2.24, 2.45) is 0 Å². The fourth-order valence-electron chi connectivity index (χ4n) is 3.35. The molecule has 0 rings (SSSR count). The Morgan fingerprint density at radius 3 is 2.00 bits per heavy atom. The molecule has 192 valence electrons. The minimum atomic E-state index is -4.80. The number of quaternary nitrogens is 1. The van der Waals surface area contributed by atoms with Crippen LogP contribution in [0.1, 0.15) is 77.6 Å². The number of likely N-dealkylation sites (N-methyl/N-ethyl adjacent to an activating group) is 1. The smallest absolute Gasteiger partial charge is 0.407 e. The second kappa shape index (κ2) is 17.7. The van der Waals surface area contributed by atoms with E-state index in [-0.39, 0.29) is 19.3 Å². The molecule has 0 heterocycles. The van der Waals surface area contributed by atoms with Crippen LogP contribution in [0.25, 0.3) is 0 Å². The van der Waals surface area contributed by atoms with E-state index in [0.29, 0.717) is 17.4 Å². The molecule has 0 aliphatic heterocycles. The molecular weight excluding hydrogens is 435 g/mol. The first-order valence-electron chi connectivity index (χ1n) is 11.9. The number of phosphoric acid groups is 1. The van der Waals surface area contributed by atoms with E-state index >= 15 is 0 Å². The van der Waals surface area contributed by atoms with Gasteiger partial charge in [-0.15, -0.1) is 0 Å². The third-order valence-corrected chi connectivity index (χ3v) is 6.07. The molecule has 0 aromatic carbocycles. The van der Waals surface area contributed by atoms with Crippen LogP contribution in [0.15, 0.2) is 0 Å². The lowest BCUT2D eigenvalue weighted by Crippen LogP contribution is -2.50. The molecule has 0 fully saturated rings. The van der Waals surface area contributed by atoms with Crippen LogP contribution in [0.3, 0.4) is 0 Å². The van der Waals surface area contributed by atoms with Crippen molar-refractivity contribution in [2.45, 2.75) is 89.7 Å². The Morgan fingerprint density at radius 2 is 1.53 bits per heavy atom. The van der Waals surface area contributed by atoms with Gasteiger partial charge in [0.25, 0.3) is 7.82 Å². The third-order valence-electron chi connectivity index (χ3n) is 5.59. The summed E-state index contributed by atoms with van der Waals surface area (Å²) in [5, 5.41) is 2.76. The molecule has 0 saturated heterocycles. The van der Waals surface area contributed by atoms with Crippen molar-refractivity contribution in [1.29, 1.82) is 0 Å². The highest BCUT2D eigenvalue weighted by molar-refractivity contribution is 7.44. The van der Waals surface area contributed by atoms with Gasteiger partial charge >= 0.3 is 6.09 Å². The van der Waals surface area contributed by atoms with Crippen LogP contribution in [0.2, 0.25) is 0 Å². The lowest BCUT2D eigenvalue weighted by atomic mass is 10.1. The van der Waals surface area contributed by atoms with Crippen LogP contribution in [0, 0.1) is 0 Å². The molecule has 0 aliphatic rings. The summed E-state index contributed by atoms with van der Waals surface area (Å²) in [6.45, 7) is 2.67. The predicted octanol–water partition coefficient (Wildman–Crippen LogP) is 3.59. The molecule has 2 N–H and O–H groups in total. The summed E-state index contributed by atoms with van der Waals surface area (Å²) in [7, 11) is 2.36. The maximum atomic E-state index is 11.9. The highest BCUT2D eigenvalue weighted by Crippen LogP contribution is 2.31. The van der Waals surface area contributed by atoms with E-state index in [1.165, 1.54) is 58.5 Å². The van der Waals surface area contributed by atoms with Crippen LogP contribution < -0.4 is 10.2 Å². The zero-order valence-electron chi connectivity index (χ0n) is 20.8. The van der Waals surface area contributed by atoms with Gasteiger partial charge in [0.05, 0.1) is 27.2 Å². The van der Waals surface area contributed by atoms with E-state index in [1.54, 1.807) is 0 Å². The molecule has 0 aromatic rings. The fraction of sp³-hybridized carbons (Fsp3) is 0.955. The number of nitrogens with zero attached hydrogens (tertiary/aromatic N) is 1. The SMILES string of the molecule is CCCCCCCCCCCCNC(=O)OCC(CC(COP(=O)([O-])O)[N+](C)(C)C)OC. The van der Waals surface area contributed by atoms with Gasteiger partial charge in [-0.25, -0.2) is 4.79 Å². The summed E-state index contributed by atoms with van der Waals surface area (Å²) in [5.74, 6) is 0. The van der Waals surface area contributed by atoms with Crippen molar-refractivity contribution in [3.63, 3.8) is 0 Å². The van der Waals surface area contributed by atoms with E-state index in [0.717, 1.165) is 12.8 Å². The van der Waals surface area contributed by atoms with E-state index in [4.69, 9.17) is 14.4 Å². The van der Waals surface area contributed by atoms with Gasteiger partial charge in [-0.05, 0) is 6.42 Å². The van der Waals surface area contributed by atoms with Crippen LogP contribution >= 0.6 is 7.82 Å². The Hall–Kier alpha value is -0.700. The number of phosphoric ester groups is 1. The van der Waals surface area contributed by atoms with Gasteiger partial charge in [-0.1, -0.05) is 64.7 Å². The minimum Gasteiger partial charge on any atom is -0.756 e. The van der Waals surface area contributed by atoms with Crippen molar-refractivity contribution in [1.82, 2.24) is 5.32 Å². The van der Waals surface area contributed by atoms with Gasteiger partial charge in [0.15, 0.2) is 0 Å². The summed E-state index contributed by atoms with van der Waals surface area (Å²) in [5.41, 5.74) is 0. The lowest BCUT2D eigenvalue weighted by molar-refractivity contribution is -0.897. The van der Waals surface area contributed by atoms with Crippen LogP contribution in [0.4, 0.5) is 4.79 Å². The maximum Gasteiger partial charge on any atom is 0.407 e. The summed E-state index contributed by atoms with van der Waals surface area (Å²) >= 11 is 0. The normalized spacial score (nSPS) is 15.7. The number of carbonyl (C=O) groups excluding carboxylic acids is 1. The molecule has 1 amide bonds. The number of hydrogen-bond donors (Lipinski definition) is 2. The summed E-state index contributed by atoms with van der Waals surface area (Å²) < 4.78 is 26.5. The average Bonchev–Trinajstić information content (AvgIpc) is 2.69. The van der Waals surface area contributed by atoms with Crippen LogP contribution in [-0.2, 0) is 18.6 Å². The summed E-state index contributed by atoms with van der Waals surface area (Å²) in [4.78, 5) is 31.7. The minimum absolute atomic E-state index is 0.0467. The lowest BCUT2D eigenvalue weighted by Gasteiger charge is -2.36. The van der Waals surface area contributed by atoms with Gasteiger partial charge in [-0.3, -0.25) is 4.57 Å². The Balaban J connectivity index is 4.01. The van der Waals surface area contributed by atoms with E-state index < -0.39 is 20.0 Å². The number of methoxy groups -OCH3 is 1. The number of ether oxygens (including phenoxy) is 2. The molecule has 32 heavy (non-hydrogen) atoms. The fourth-order valence-corrected chi connectivity index (χ4v) is 3.71. The van der Waals surface area contributed by atoms with Gasteiger partial charge in [0.1, 0.15) is 19.3 Å². The summed E-state index contributed by atoms with van der Waals surface area (Å²) in [6.07, 6.45) is 11.9. The second-order valence-electron chi connectivity index (χ2n) is 9.34. The van der Waals surface area contributed by atoms with Crippen LogP contribution in [-0.4, -0.2) is 75.6 Å². The number of hydrogen-bond acceptors (Lipinski definition) is 6. The van der Waals surface area contributed by atoms with Gasteiger partial charge < -0.3 is 33.6 Å². The van der Waals surface area contributed by atoms with Gasteiger partial charge in [0.2, 0.25) is 0 Å². The number of amides is 1. The van der Waals surface area contributed by atoms with E-state index in [2.05, 4.69) is 16.8 Å². The number of nitrogens with one attached hydrogen (secondary N) is 1. The van der Waals surface area contributed by atoms with Crippen LogP contribution in [0.5, 0.6) is 0 Å². The van der Waals surface area contributed by atoms with Crippen molar-refractivity contribution >= 4 is 13.9 Å². The monoisotopic (exact) mass is 482 g/mol. The quantitative estimate of drug-likeness (QED) is 0.155. The van der Waals surface area contributed by atoms with Crippen molar-refractivity contribution in [3.8, 4) is 0 Å². The number of carbonyl (C=O) groups is 1. The second-order valence-corrected chi connectivity index (χ2v) is 10.5. The van der Waals surface area contributed by atoms with Crippen molar-refractivity contribution < 1.29 is 37.6 Å². The highest BCUT2D eigenvalue weighted by Gasteiger charge is 2.29. The van der Waals surface area contributed by atoms with E-state index in [1.807, 2.05) is 21.1 Å². The Labute approximate surface area is 195 Å². The Morgan fingerprint density at radius 1 is 1.00 bits per heavy atom. The molecule has 3 atom stereocenters. The van der Waals surface area contributed by atoms with Gasteiger partial charge in [0, 0.05) is 20.1 Å². The average molecular weight is 483 g/mol. The zero-order chi connectivity index (χ0) is 24.5. The molecule has 0 saturated carbocycles. The first kappa shape index (κ1) is 31.3. The number of rotatable bonds is 20. The van der Waals surface area contributed by atoms with Gasteiger partial charge in [-0.2, -0.15) is 0 Å². The molecule has 9 nitrogen and oxygen atoms in total. The molecule has 0 aliphatic carbocycles. The molecule has 0 bridgehead atoms. The highest BCUT2D eigenvalue weighted by atomic mass is 31.2. The molecular formula is C22H47N2O7P. The van der Waals surface area contributed by atoms with E-state index in [9.17, 15) is 14.3 Å². The first-order chi connectivity index (χ1) is 15.0. The predicted molar refractivity (Wildman–Crippen MR) is 124 cm³/mol. The Kier molecular flexibility index (Phi) is 17.3. The molecule has 0 radical (unpaired) electrons. The molecule has 0 spiro atoms. The largest absolute Gasteiger partial charge is 0.756 e.